The van der Waals surface area contributed by atoms with Gasteiger partial charge in [-0.15, -0.1) is 0 Å². The summed E-state index contributed by atoms with van der Waals surface area (Å²) in [6.45, 7) is 2.10. The molecule has 0 aliphatic heterocycles. The Morgan fingerprint density at radius 2 is 2.29 bits per heavy atom. The lowest BCUT2D eigenvalue weighted by molar-refractivity contribution is -0.385. The highest BCUT2D eigenvalue weighted by atomic mass is 16.6. The number of amidine groups is 1. The number of rotatable bonds is 8. The van der Waals surface area contributed by atoms with Crippen LogP contribution in [-0.2, 0) is 0 Å². The lowest BCUT2D eigenvalue weighted by atomic mass is 10.3. The monoisotopic (exact) mass is 295 g/mol. The van der Waals surface area contributed by atoms with Crippen LogP contribution in [0.4, 0.5) is 11.5 Å². The van der Waals surface area contributed by atoms with Gasteiger partial charge in [0.2, 0.25) is 0 Å². The van der Waals surface area contributed by atoms with Gasteiger partial charge >= 0.3 is 0 Å². The van der Waals surface area contributed by atoms with Crippen LogP contribution in [0.1, 0.15) is 6.42 Å². The number of hydrogen-bond donors (Lipinski definition) is 3. The predicted molar refractivity (Wildman–Crippen MR) is 82.2 cm³/mol. The minimum Gasteiger partial charge on any atom is -0.370 e. The summed E-state index contributed by atoms with van der Waals surface area (Å²) >= 11 is 0. The molecule has 1 aromatic heterocycles. The van der Waals surface area contributed by atoms with E-state index in [0.29, 0.717) is 31.2 Å². The summed E-state index contributed by atoms with van der Waals surface area (Å²) in [6, 6.07) is 2.97. The van der Waals surface area contributed by atoms with Crippen molar-refractivity contribution in [3.8, 4) is 0 Å². The molecule has 1 rings (SSSR count). The molecule has 0 saturated heterocycles. The molecule has 0 spiro atoms. The Labute approximate surface area is 123 Å². The van der Waals surface area contributed by atoms with Crippen molar-refractivity contribution < 1.29 is 4.92 Å². The standard InChI is InChI=1S/C12H21N7O2/c1-18(2)8-7-15-12(17-13)5-6-14-11-4-3-10(9-16-11)19(20)21/h3-4,9H,5-8,13H2,1-2H3,(H,14,16)(H,15,17). The minimum atomic E-state index is -0.482. The second-order valence-corrected chi connectivity index (χ2v) is 4.61. The van der Waals surface area contributed by atoms with Crippen molar-refractivity contribution in [2.45, 2.75) is 6.42 Å². The maximum Gasteiger partial charge on any atom is 0.287 e. The Bertz CT molecular complexity index is 473. The third kappa shape index (κ3) is 6.63. The number of likely N-dealkylation sites (N-methyl/N-ethyl adjacent to an activating group) is 1. The van der Waals surface area contributed by atoms with Gasteiger partial charge in [-0.2, -0.15) is 0 Å². The third-order valence-electron chi connectivity index (χ3n) is 2.64. The van der Waals surface area contributed by atoms with Gasteiger partial charge in [-0.3, -0.25) is 15.1 Å². The van der Waals surface area contributed by atoms with Gasteiger partial charge in [0.05, 0.1) is 11.5 Å². The maximum atomic E-state index is 10.5. The van der Waals surface area contributed by atoms with Crippen LogP contribution in [0.25, 0.3) is 0 Å². The van der Waals surface area contributed by atoms with Gasteiger partial charge in [-0.25, -0.2) is 10.8 Å². The first-order valence-electron chi connectivity index (χ1n) is 6.52. The van der Waals surface area contributed by atoms with E-state index in [-0.39, 0.29) is 5.69 Å². The van der Waals surface area contributed by atoms with E-state index in [1.54, 1.807) is 6.07 Å². The van der Waals surface area contributed by atoms with E-state index in [9.17, 15) is 10.1 Å². The van der Waals surface area contributed by atoms with E-state index in [2.05, 4.69) is 20.7 Å². The number of pyridine rings is 1. The molecule has 0 bridgehead atoms. The summed E-state index contributed by atoms with van der Waals surface area (Å²) in [7, 11) is 3.96. The molecule has 0 radical (unpaired) electrons. The summed E-state index contributed by atoms with van der Waals surface area (Å²) in [5, 5.41) is 13.6. The molecule has 1 aromatic rings. The highest BCUT2D eigenvalue weighted by Gasteiger charge is 2.05. The molecular formula is C12H21N7O2. The molecular weight excluding hydrogens is 274 g/mol. The smallest absolute Gasteiger partial charge is 0.287 e. The molecule has 1 heterocycles. The van der Waals surface area contributed by atoms with E-state index in [0.717, 1.165) is 6.54 Å². The lowest BCUT2D eigenvalue weighted by Gasteiger charge is -2.10. The number of hydrogen-bond acceptors (Lipinski definition) is 7. The molecule has 9 nitrogen and oxygen atoms in total. The Kier molecular flexibility index (Phi) is 7.05. The number of nitrogens with zero attached hydrogens (tertiary/aromatic N) is 4. The largest absolute Gasteiger partial charge is 0.370 e. The van der Waals surface area contributed by atoms with Gasteiger partial charge < -0.3 is 15.6 Å². The molecule has 0 aliphatic carbocycles. The third-order valence-corrected chi connectivity index (χ3v) is 2.64. The molecule has 0 amide bonds. The molecule has 0 aromatic carbocycles. The Morgan fingerprint density at radius 3 is 2.81 bits per heavy atom. The van der Waals surface area contributed by atoms with Crippen LogP contribution in [0.5, 0.6) is 0 Å². The average Bonchev–Trinajstić information content (AvgIpc) is 2.45. The van der Waals surface area contributed by atoms with Gasteiger partial charge in [0.25, 0.3) is 5.69 Å². The van der Waals surface area contributed by atoms with E-state index in [1.165, 1.54) is 12.3 Å². The second kappa shape index (κ2) is 8.82. The van der Waals surface area contributed by atoms with Crippen LogP contribution in [0.15, 0.2) is 23.3 Å². The van der Waals surface area contributed by atoms with Crippen LogP contribution in [-0.4, -0.2) is 54.4 Å². The predicted octanol–water partition coefficient (Wildman–Crippen LogP) is 0.215. The number of aromatic nitrogens is 1. The molecule has 0 fully saturated rings. The molecule has 4 N–H and O–H groups in total. The van der Waals surface area contributed by atoms with E-state index in [4.69, 9.17) is 5.84 Å². The van der Waals surface area contributed by atoms with Crippen LogP contribution >= 0.6 is 0 Å². The van der Waals surface area contributed by atoms with Crippen molar-refractivity contribution >= 4 is 17.3 Å². The van der Waals surface area contributed by atoms with Gasteiger partial charge in [-0.1, -0.05) is 0 Å². The SMILES string of the molecule is CN(C)CCN=C(CCNc1ccc([N+](=O)[O-])cn1)NN. The molecule has 0 aliphatic rings. The van der Waals surface area contributed by atoms with Crippen LogP contribution in [0.2, 0.25) is 0 Å². The quantitative estimate of drug-likeness (QED) is 0.206. The van der Waals surface area contributed by atoms with Crippen molar-refractivity contribution in [1.29, 1.82) is 0 Å². The van der Waals surface area contributed by atoms with E-state index >= 15 is 0 Å². The minimum absolute atomic E-state index is 0.0323. The first-order valence-corrected chi connectivity index (χ1v) is 6.52. The maximum absolute atomic E-state index is 10.5. The van der Waals surface area contributed by atoms with E-state index in [1.807, 2.05) is 19.0 Å². The van der Waals surface area contributed by atoms with Crippen LogP contribution < -0.4 is 16.6 Å². The summed E-state index contributed by atoms with van der Waals surface area (Å²) in [6.07, 6.45) is 1.83. The van der Waals surface area contributed by atoms with Gasteiger partial charge in [0.1, 0.15) is 17.9 Å². The zero-order chi connectivity index (χ0) is 15.7. The Balaban J connectivity index is 2.38. The molecule has 0 unspecified atom stereocenters. The summed E-state index contributed by atoms with van der Waals surface area (Å²) in [4.78, 5) is 20.4. The molecule has 9 heteroatoms. The molecule has 0 atom stereocenters. The molecule has 116 valence electrons. The van der Waals surface area contributed by atoms with Crippen molar-refractivity contribution in [3.63, 3.8) is 0 Å². The number of hydrazine groups is 1. The van der Waals surface area contributed by atoms with Crippen LogP contribution in [0, 0.1) is 10.1 Å². The number of nitrogens with one attached hydrogen (secondary N) is 2. The topological polar surface area (TPSA) is 122 Å². The molecule has 0 saturated carbocycles. The number of nitro groups is 1. The Hall–Kier alpha value is -2.26. The van der Waals surface area contributed by atoms with Gasteiger partial charge in [0.15, 0.2) is 0 Å². The first kappa shape index (κ1) is 16.8. The fourth-order valence-corrected chi connectivity index (χ4v) is 1.49. The van der Waals surface area contributed by atoms with Crippen molar-refractivity contribution in [2.75, 3.05) is 39.0 Å². The van der Waals surface area contributed by atoms with Gasteiger partial charge in [-0.05, 0) is 20.2 Å². The lowest BCUT2D eigenvalue weighted by Crippen LogP contribution is -2.32. The zero-order valence-corrected chi connectivity index (χ0v) is 12.2. The van der Waals surface area contributed by atoms with Crippen molar-refractivity contribution in [1.82, 2.24) is 15.3 Å². The average molecular weight is 295 g/mol. The van der Waals surface area contributed by atoms with Crippen molar-refractivity contribution in [3.05, 3.63) is 28.4 Å². The van der Waals surface area contributed by atoms with E-state index < -0.39 is 4.92 Å². The normalized spacial score (nSPS) is 11.5. The molecule has 21 heavy (non-hydrogen) atoms. The highest BCUT2D eigenvalue weighted by Crippen LogP contribution is 2.11. The number of nitrogens with two attached hydrogens (primary N) is 1. The van der Waals surface area contributed by atoms with Crippen molar-refractivity contribution in [2.24, 2.45) is 10.8 Å². The number of anilines is 1. The van der Waals surface area contributed by atoms with Gasteiger partial charge in [0, 0.05) is 25.6 Å². The summed E-state index contributed by atoms with van der Waals surface area (Å²) in [5.41, 5.74) is 2.54. The summed E-state index contributed by atoms with van der Waals surface area (Å²) < 4.78 is 0. The fraction of sp³-hybridized carbons (Fsp3) is 0.500. The second-order valence-electron chi connectivity index (χ2n) is 4.61. The van der Waals surface area contributed by atoms with Crippen LogP contribution in [0.3, 0.4) is 0 Å². The highest BCUT2D eigenvalue weighted by molar-refractivity contribution is 5.82. The fourth-order valence-electron chi connectivity index (χ4n) is 1.49. The Morgan fingerprint density at radius 1 is 1.52 bits per heavy atom. The summed E-state index contributed by atoms with van der Waals surface area (Å²) in [5.74, 6) is 6.68. The first-order chi connectivity index (χ1) is 10.0. The zero-order valence-electron chi connectivity index (χ0n) is 12.2. The number of aliphatic imine (C=N–C) groups is 1.